The Hall–Kier alpha value is -0.900. The smallest absolute Gasteiger partial charge is 0.290 e. The summed E-state index contributed by atoms with van der Waals surface area (Å²) in [5.41, 5.74) is 1.25. The number of ether oxygens (including phenoxy) is 3. The number of benzene rings is 1. The quantitative estimate of drug-likeness (QED) is 0.192. The van der Waals surface area contributed by atoms with E-state index in [0.717, 1.165) is 25.7 Å². The highest BCUT2D eigenvalue weighted by Crippen LogP contribution is 2.39. The van der Waals surface area contributed by atoms with Crippen molar-refractivity contribution in [1.82, 2.24) is 0 Å². The van der Waals surface area contributed by atoms with Gasteiger partial charge in [0, 0.05) is 0 Å². The Labute approximate surface area is 174 Å². The highest BCUT2D eigenvalue weighted by Gasteiger charge is 2.43. The molecule has 3 nitrogen and oxygen atoms in total. The fraction of sp³-hybridized carbons (Fsp3) is 0.760. The van der Waals surface area contributed by atoms with Gasteiger partial charge in [-0.05, 0) is 31.2 Å². The first kappa shape index (κ1) is 25.1. The Bertz CT molecular complexity index is 438. The van der Waals surface area contributed by atoms with Crippen LogP contribution in [0.15, 0.2) is 30.3 Å². The molecule has 1 unspecified atom stereocenters. The molecular formula is C25H44O3. The molecule has 1 atom stereocenters. The van der Waals surface area contributed by atoms with E-state index >= 15 is 0 Å². The van der Waals surface area contributed by atoms with Gasteiger partial charge in [-0.25, -0.2) is 0 Å². The second kappa shape index (κ2) is 16.0. The monoisotopic (exact) mass is 392 g/mol. The van der Waals surface area contributed by atoms with Gasteiger partial charge in [-0.2, -0.15) is 0 Å². The summed E-state index contributed by atoms with van der Waals surface area (Å²) in [7, 11) is 0. The summed E-state index contributed by atoms with van der Waals surface area (Å²) in [6.07, 6.45) is 11.6. The van der Waals surface area contributed by atoms with E-state index in [2.05, 4.69) is 58.0 Å². The van der Waals surface area contributed by atoms with Crippen LogP contribution in [0, 0.1) is 0 Å². The van der Waals surface area contributed by atoms with E-state index < -0.39 is 5.97 Å². The zero-order valence-electron chi connectivity index (χ0n) is 18.9. The normalized spacial score (nSPS) is 13.0. The maximum absolute atomic E-state index is 6.35. The number of hydrogen-bond acceptors (Lipinski definition) is 3. The molecule has 0 aliphatic heterocycles. The Morgan fingerprint density at radius 3 is 1.64 bits per heavy atom. The summed E-state index contributed by atoms with van der Waals surface area (Å²) in [5.74, 6) is -0.892. The topological polar surface area (TPSA) is 27.7 Å². The Morgan fingerprint density at radius 2 is 1.14 bits per heavy atom. The molecule has 0 aliphatic rings. The van der Waals surface area contributed by atoms with Gasteiger partial charge < -0.3 is 14.2 Å². The fourth-order valence-corrected chi connectivity index (χ4v) is 3.52. The van der Waals surface area contributed by atoms with Crippen LogP contribution in [0.3, 0.4) is 0 Å². The van der Waals surface area contributed by atoms with Crippen LogP contribution < -0.4 is 0 Å². The molecule has 0 fully saturated rings. The first-order valence-corrected chi connectivity index (χ1v) is 11.7. The molecule has 162 valence electrons. The zero-order chi connectivity index (χ0) is 20.5. The molecular weight excluding hydrogens is 348 g/mol. The molecule has 0 bridgehead atoms. The van der Waals surface area contributed by atoms with Crippen LogP contribution in [-0.2, 0) is 14.2 Å². The van der Waals surface area contributed by atoms with Crippen LogP contribution in [0.2, 0.25) is 0 Å². The van der Waals surface area contributed by atoms with E-state index in [9.17, 15) is 0 Å². The zero-order valence-corrected chi connectivity index (χ0v) is 18.9. The third-order valence-corrected chi connectivity index (χ3v) is 5.00. The Morgan fingerprint density at radius 1 is 0.643 bits per heavy atom. The summed E-state index contributed by atoms with van der Waals surface area (Å²) < 4.78 is 19.1. The lowest BCUT2D eigenvalue weighted by Crippen LogP contribution is -2.46. The van der Waals surface area contributed by atoms with Crippen molar-refractivity contribution in [3.63, 3.8) is 0 Å². The molecule has 1 aromatic rings. The first-order chi connectivity index (χ1) is 13.7. The van der Waals surface area contributed by atoms with Crippen molar-refractivity contribution in [2.75, 3.05) is 19.8 Å². The minimum atomic E-state index is -0.979. The van der Waals surface area contributed by atoms with E-state index in [1.165, 1.54) is 44.1 Å². The van der Waals surface area contributed by atoms with Gasteiger partial charge >= 0.3 is 0 Å². The highest BCUT2D eigenvalue weighted by atomic mass is 16.9. The molecule has 28 heavy (non-hydrogen) atoms. The molecule has 0 N–H and O–H groups in total. The first-order valence-electron chi connectivity index (χ1n) is 11.7. The average molecular weight is 393 g/mol. The van der Waals surface area contributed by atoms with Crippen LogP contribution >= 0.6 is 0 Å². The van der Waals surface area contributed by atoms with E-state index in [-0.39, 0.29) is 5.92 Å². The Balaban J connectivity index is 3.01. The largest absolute Gasteiger partial charge is 0.327 e. The van der Waals surface area contributed by atoms with E-state index in [4.69, 9.17) is 14.2 Å². The van der Waals surface area contributed by atoms with Crippen LogP contribution in [0.25, 0.3) is 0 Å². The maximum atomic E-state index is 6.35. The van der Waals surface area contributed by atoms with Gasteiger partial charge in [0.15, 0.2) is 0 Å². The molecule has 0 aliphatic carbocycles. The summed E-state index contributed by atoms with van der Waals surface area (Å²) in [4.78, 5) is 0. The predicted molar refractivity (Wildman–Crippen MR) is 119 cm³/mol. The predicted octanol–water partition coefficient (Wildman–Crippen LogP) is 7.45. The fourth-order valence-electron chi connectivity index (χ4n) is 3.52. The minimum Gasteiger partial charge on any atom is -0.327 e. The third kappa shape index (κ3) is 9.07. The summed E-state index contributed by atoms with van der Waals surface area (Å²) in [5, 5.41) is 0. The molecule has 1 rings (SSSR count). The summed E-state index contributed by atoms with van der Waals surface area (Å²) in [6, 6.07) is 10.7. The van der Waals surface area contributed by atoms with Crippen molar-refractivity contribution in [2.45, 2.75) is 104 Å². The van der Waals surface area contributed by atoms with Crippen LogP contribution in [0.1, 0.15) is 103 Å². The SMILES string of the molecule is CCCCCCCCC(c1ccccc1)C(OCCC)(OCCC)OCCC. The average Bonchev–Trinajstić information content (AvgIpc) is 2.74. The molecule has 3 heteroatoms. The van der Waals surface area contributed by atoms with Gasteiger partial charge in [0.05, 0.1) is 25.7 Å². The molecule has 0 saturated carbocycles. The highest BCUT2D eigenvalue weighted by molar-refractivity contribution is 5.21. The molecule has 0 amide bonds. The lowest BCUT2D eigenvalue weighted by atomic mass is 9.90. The van der Waals surface area contributed by atoms with Crippen molar-refractivity contribution >= 4 is 0 Å². The molecule has 0 spiro atoms. The second-order valence-corrected chi connectivity index (χ2v) is 7.67. The standard InChI is InChI=1S/C25H44O3/c1-5-9-10-11-12-16-19-24(23-17-14-13-15-18-23)25(26-20-6-2,27-21-7-3)28-22-8-4/h13-15,17-18,24H,5-12,16,19-22H2,1-4H3. The Kier molecular flexibility index (Phi) is 14.3. The summed E-state index contributed by atoms with van der Waals surface area (Å²) >= 11 is 0. The summed E-state index contributed by atoms with van der Waals surface area (Å²) in [6.45, 7) is 10.6. The van der Waals surface area contributed by atoms with Gasteiger partial charge in [0.2, 0.25) is 0 Å². The lowest BCUT2D eigenvalue weighted by molar-refractivity contribution is -0.392. The van der Waals surface area contributed by atoms with Crippen LogP contribution in [0.5, 0.6) is 0 Å². The van der Waals surface area contributed by atoms with E-state index in [0.29, 0.717) is 19.8 Å². The number of rotatable bonds is 18. The lowest BCUT2D eigenvalue weighted by Gasteiger charge is -2.40. The van der Waals surface area contributed by atoms with Crippen molar-refractivity contribution in [3.8, 4) is 0 Å². The molecule has 0 aromatic heterocycles. The van der Waals surface area contributed by atoms with Gasteiger partial charge in [-0.1, -0.05) is 96.6 Å². The number of unbranched alkanes of at least 4 members (excludes halogenated alkanes) is 5. The van der Waals surface area contributed by atoms with Crippen molar-refractivity contribution in [2.24, 2.45) is 0 Å². The minimum absolute atomic E-state index is 0.0875. The molecule has 0 saturated heterocycles. The molecule has 0 heterocycles. The third-order valence-electron chi connectivity index (χ3n) is 5.00. The van der Waals surface area contributed by atoms with Crippen LogP contribution in [-0.4, -0.2) is 25.8 Å². The second-order valence-electron chi connectivity index (χ2n) is 7.67. The number of hydrogen-bond donors (Lipinski definition) is 0. The van der Waals surface area contributed by atoms with Gasteiger partial charge in [0.25, 0.3) is 5.97 Å². The van der Waals surface area contributed by atoms with Gasteiger partial charge in [-0.3, -0.25) is 0 Å². The molecule has 0 radical (unpaired) electrons. The van der Waals surface area contributed by atoms with Crippen molar-refractivity contribution in [3.05, 3.63) is 35.9 Å². The van der Waals surface area contributed by atoms with Gasteiger partial charge in [-0.15, -0.1) is 0 Å². The maximum Gasteiger partial charge on any atom is 0.290 e. The van der Waals surface area contributed by atoms with E-state index in [1.807, 2.05) is 0 Å². The van der Waals surface area contributed by atoms with E-state index in [1.54, 1.807) is 0 Å². The molecule has 1 aromatic carbocycles. The van der Waals surface area contributed by atoms with Gasteiger partial charge in [0.1, 0.15) is 0 Å². The van der Waals surface area contributed by atoms with Crippen molar-refractivity contribution < 1.29 is 14.2 Å². The van der Waals surface area contributed by atoms with Crippen LogP contribution in [0.4, 0.5) is 0 Å². The van der Waals surface area contributed by atoms with Crippen molar-refractivity contribution in [1.29, 1.82) is 0 Å².